The van der Waals surface area contributed by atoms with E-state index in [1.54, 1.807) is 19.1 Å². The van der Waals surface area contributed by atoms with Crippen molar-refractivity contribution in [2.24, 2.45) is 5.92 Å². The zero-order chi connectivity index (χ0) is 21.2. The van der Waals surface area contributed by atoms with E-state index in [-0.39, 0.29) is 30.3 Å². The summed E-state index contributed by atoms with van der Waals surface area (Å²) < 4.78 is 26.8. The van der Waals surface area contributed by atoms with Gasteiger partial charge in [-0.1, -0.05) is 44.2 Å². The lowest BCUT2D eigenvalue weighted by Crippen LogP contribution is -2.53. The van der Waals surface area contributed by atoms with Gasteiger partial charge in [-0.25, -0.2) is 18.1 Å². The lowest BCUT2D eigenvalue weighted by atomic mass is 9.91. The highest BCUT2D eigenvalue weighted by molar-refractivity contribution is 7.88. The van der Waals surface area contributed by atoms with Crippen LogP contribution in [0.15, 0.2) is 30.3 Å². The monoisotopic (exact) mass is 422 g/mol. The average Bonchev–Trinajstić information content (AvgIpc) is 2.85. The molecule has 29 heavy (non-hydrogen) atoms. The summed E-state index contributed by atoms with van der Waals surface area (Å²) in [6, 6.07) is 8.75. The summed E-state index contributed by atoms with van der Waals surface area (Å²) in [6.45, 7) is 7.64. The van der Waals surface area contributed by atoms with E-state index in [2.05, 4.69) is 5.32 Å². The van der Waals surface area contributed by atoms with Gasteiger partial charge >= 0.3 is 6.03 Å². The highest BCUT2D eigenvalue weighted by Crippen LogP contribution is 2.25. The summed E-state index contributed by atoms with van der Waals surface area (Å²) in [5, 5.41) is 2.82. The maximum absolute atomic E-state index is 12.8. The number of urea groups is 1. The Morgan fingerprint density at radius 3 is 2.28 bits per heavy atom. The van der Waals surface area contributed by atoms with Gasteiger partial charge in [0.25, 0.3) is 5.91 Å². The van der Waals surface area contributed by atoms with Crippen LogP contribution in [0.3, 0.4) is 0 Å². The Morgan fingerprint density at radius 2 is 1.69 bits per heavy atom. The molecule has 2 heterocycles. The number of nitrogens with one attached hydrogen (secondary N) is 1. The second kappa shape index (κ2) is 8.41. The predicted molar refractivity (Wildman–Crippen MR) is 110 cm³/mol. The van der Waals surface area contributed by atoms with Crippen LogP contribution in [-0.2, 0) is 20.6 Å². The van der Waals surface area contributed by atoms with Crippen LogP contribution in [0.4, 0.5) is 4.79 Å². The molecule has 2 saturated heterocycles. The van der Waals surface area contributed by atoms with Crippen molar-refractivity contribution in [3.8, 4) is 0 Å². The Hall–Kier alpha value is -1.97. The van der Waals surface area contributed by atoms with Crippen LogP contribution < -0.4 is 5.32 Å². The third kappa shape index (κ3) is 4.96. The van der Waals surface area contributed by atoms with E-state index in [9.17, 15) is 18.0 Å². The molecule has 2 fully saturated rings. The molecule has 2 aliphatic rings. The van der Waals surface area contributed by atoms with Crippen molar-refractivity contribution in [1.29, 1.82) is 0 Å². The predicted octanol–water partition coefficient (Wildman–Crippen LogP) is 1.45. The third-order valence-corrected chi connectivity index (χ3v) is 7.27. The van der Waals surface area contributed by atoms with E-state index in [1.807, 2.05) is 36.9 Å². The standard InChI is InChI=1S/C20H30N4O4S/c1-16(2)13-20(3)18(25)24(19(26)21-20)15-22-9-11-23(12-10-22)29(27,28)14-17-7-5-4-6-8-17/h4-8,16H,9-15H2,1-3H3,(H,21,26)/t20-/m0/s1. The van der Waals surface area contributed by atoms with E-state index in [1.165, 1.54) is 9.21 Å². The van der Waals surface area contributed by atoms with Crippen molar-refractivity contribution < 1.29 is 18.0 Å². The molecule has 9 heteroatoms. The second-order valence-corrected chi connectivity index (χ2v) is 10.5. The van der Waals surface area contributed by atoms with Crippen molar-refractivity contribution in [1.82, 2.24) is 19.4 Å². The van der Waals surface area contributed by atoms with Crippen LogP contribution >= 0.6 is 0 Å². The molecule has 1 aromatic carbocycles. The van der Waals surface area contributed by atoms with Crippen molar-refractivity contribution in [2.75, 3.05) is 32.8 Å². The fourth-order valence-corrected chi connectivity index (χ4v) is 5.57. The molecular formula is C20H30N4O4S. The fourth-order valence-electron chi connectivity index (χ4n) is 4.06. The number of carbonyl (C=O) groups is 2. The van der Waals surface area contributed by atoms with Gasteiger partial charge in [0.2, 0.25) is 10.0 Å². The minimum absolute atomic E-state index is 0.0194. The van der Waals surface area contributed by atoms with Gasteiger partial charge in [0, 0.05) is 26.2 Å². The summed E-state index contributed by atoms with van der Waals surface area (Å²) in [4.78, 5) is 28.3. The van der Waals surface area contributed by atoms with E-state index >= 15 is 0 Å². The van der Waals surface area contributed by atoms with Gasteiger partial charge in [0.15, 0.2) is 0 Å². The molecular weight excluding hydrogens is 392 g/mol. The number of piperazine rings is 1. The second-order valence-electron chi connectivity index (χ2n) is 8.49. The SMILES string of the molecule is CC(C)C[C@]1(C)NC(=O)N(CN2CCN(S(=O)(=O)Cc3ccccc3)CC2)C1=O. The average molecular weight is 423 g/mol. The molecule has 1 atom stereocenters. The van der Waals surface area contributed by atoms with Gasteiger partial charge in [0.05, 0.1) is 12.4 Å². The molecule has 1 aromatic rings. The molecule has 0 radical (unpaired) electrons. The lowest BCUT2D eigenvalue weighted by molar-refractivity contribution is -0.133. The summed E-state index contributed by atoms with van der Waals surface area (Å²) in [5.41, 5.74) is -0.106. The molecule has 0 unspecified atom stereocenters. The number of hydrogen-bond acceptors (Lipinski definition) is 5. The highest BCUT2D eigenvalue weighted by Gasteiger charge is 2.48. The smallest absolute Gasteiger partial charge is 0.323 e. The number of nitrogens with zero attached hydrogens (tertiary/aromatic N) is 3. The lowest BCUT2D eigenvalue weighted by Gasteiger charge is -2.35. The number of sulfonamides is 1. The van der Waals surface area contributed by atoms with Crippen molar-refractivity contribution >= 4 is 22.0 Å². The molecule has 0 spiro atoms. The van der Waals surface area contributed by atoms with E-state index in [0.29, 0.717) is 32.6 Å². The number of amides is 3. The summed E-state index contributed by atoms with van der Waals surface area (Å²) >= 11 is 0. The molecule has 3 amide bonds. The first kappa shape index (κ1) is 21.7. The van der Waals surface area contributed by atoms with Crippen molar-refractivity contribution in [3.05, 3.63) is 35.9 Å². The van der Waals surface area contributed by atoms with Gasteiger partial charge in [-0.3, -0.25) is 9.69 Å². The number of imide groups is 1. The van der Waals surface area contributed by atoms with Gasteiger partial charge < -0.3 is 5.32 Å². The summed E-state index contributed by atoms with van der Waals surface area (Å²) in [5.74, 6) is 0.0481. The van der Waals surface area contributed by atoms with Crippen LogP contribution in [0, 0.1) is 5.92 Å². The first-order valence-electron chi connectivity index (χ1n) is 9.99. The van der Waals surface area contributed by atoms with E-state index in [4.69, 9.17) is 0 Å². The molecule has 0 aliphatic carbocycles. The van der Waals surface area contributed by atoms with Gasteiger partial charge in [0.1, 0.15) is 5.54 Å². The normalized spacial score (nSPS) is 24.3. The van der Waals surface area contributed by atoms with E-state index in [0.717, 1.165) is 5.56 Å². The van der Waals surface area contributed by atoms with Crippen LogP contribution in [0.25, 0.3) is 0 Å². The van der Waals surface area contributed by atoms with Crippen molar-refractivity contribution in [3.63, 3.8) is 0 Å². The Morgan fingerprint density at radius 1 is 1.07 bits per heavy atom. The molecule has 8 nitrogen and oxygen atoms in total. The molecule has 0 bridgehead atoms. The molecule has 0 aromatic heterocycles. The molecule has 0 saturated carbocycles. The van der Waals surface area contributed by atoms with Crippen LogP contribution in [-0.4, -0.2) is 72.8 Å². The highest BCUT2D eigenvalue weighted by atomic mass is 32.2. The number of benzene rings is 1. The zero-order valence-corrected chi connectivity index (χ0v) is 18.1. The van der Waals surface area contributed by atoms with Crippen LogP contribution in [0.2, 0.25) is 0 Å². The quantitative estimate of drug-likeness (QED) is 0.672. The topological polar surface area (TPSA) is 90.0 Å². The van der Waals surface area contributed by atoms with Crippen molar-refractivity contribution in [2.45, 2.75) is 38.5 Å². The fraction of sp³-hybridized carbons (Fsp3) is 0.600. The number of carbonyl (C=O) groups excluding carboxylic acids is 2. The third-order valence-electron chi connectivity index (χ3n) is 5.42. The Balaban J connectivity index is 1.56. The summed E-state index contributed by atoms with van der Waals surface area (Å²) in [6.07, 6.45) is 0.583. The minimum Gasteiger partial charge on any atom is -0.323 e. The maximum atomic E-state index is 12.8. The van der Waals surface area contributed by atoms with Gasteiger partial charge in [-0.2, -0.15) is 4.31 Å². The maximum Gasteiger partial charge on any atom is 0.326 e. The molecule has 3 rings (SSSR count). The Labute approximate surface area is 172 Å². The molecule has 1 N–H and O–H groups in total. The van der Waals surface area contributed by atoms with Crippen LogP contribution in [0.5, 0.6) is 0 Å². The molecule has 2 aliphatic heterocycles. The Bertz CT molecular complexity index is 850. The van der Waals surface area contributed by atoms with E-state index < -0.39 is 15.6 Å². The zero-order valence-electron chi connectivity index (χ0n) is 17.3. The summed E-state index contributed by atoms with van der Waals surface area (Å²) in [7, 11) is -3.39. The molecule has 160 valence electrons. The largest absolute Gasteiger partial charge is 0.326 e. The number of hydrogen-bond donors (Lipinski definition) is 1. The van der Waals surface area contributed by atoms with Gasteiger partial charge in [-0.05, 0) is 24.8 Å². The van der Waals surface area contributed by atoms with Crippen LogP contribution in [0.1, 0.15) is 32.8 Å². The van der Waals surface area contributed by atoms with Gasteiger partial charge in [-0.15, -0.1) is 0 Å². The first-order chi connectivity index (χ1) is 13.6. The first-order valence-corrected chi connectivity index (χ1v) is 11.6. The Kier molecular flexibility index (Phi) is 6.30. The minimum atomic E-state index is -3.39. The number of rotatable bonds is 7.